The lowest BCUT2D eigenvalue weighted by Crippen LogP contribution is -2.10. The number of fused-ring (bicyclic) bond motifs is 3. The molecule has 0 bridgehead atoms. The third-order valence-corrected chi connectivity index (χ3v) is 9.97. The van der Waals surface area contributed by atoms with Crippen LogP contribution < -0.4 is 5.73 Å². The van der Waals surface area contributed by atoms with Crippen molar-refractivity contribution in [2.45, 2.75) is 6.54 Å². The smallest absolute Gasteiger partial charge is 0.122 e. The molecule has 7 aromatic carbocycles. The second-order valence-corrected chi connectivity index (χ2v) is 13.1. The van der Waals surface area contributed by atoms with Gasteiger partial charge in [0.05, 0.1) is 18.2 Å². The van der Waals surface area contributed by atoms with Gasteiger partial charge < -0.3 is 5.73 Å². The van der Waals surface area contributed by atoms with Crippen LogP contribution in [0.5, 0.6) is 0 Å². The average molecular weight is 675 g/mol. The standard InChI is InChI=1S/C39H26N2S.C7H8N2/c40-24-27-16-18-31(19-17-27)34-21-20-32(26-41-25-28-10-4-1-5-11-28)37-36-23-33(29-12-6-2-7-13-29)22-35(38(36)42-39(34)37)30-14-8-3-9-15-30;8-7(9)6-4-2-1-3-5-6/h1-23,26H,25H2;1-5H,(H3,8,9). The van der Waals surface area contributed by atoms with Gasteiger partial charge in [0.25, 0.3) is 0 Å². The molecule has 8 aromatic rings. The van der Waals surface area contributed by atoms with Gasteiger partial charge in [0, 0.05) is 43.1 Å². The Morgan fingerprint density at radius 2 is 1.22 bits per heavy atom. The van der Waals surface area contributed by atoms with Crippen molar-refractivity contribution in [3.05, 3.63) is 192 Å². The lowest BCUT2D eigenvalue weighted by molar-refractivity contribution is 1.08. The maximum absolute atomic E-state index is 9.36. The molecule has 0 aliphatic carbocycles. The summed E-state index contributed by atoms with van der Waals surface area (Å²) in [6, 6.07) is 60.0. The molecule has 8 rings (SSSR count). The minimum atomic E-state index is 0.121. The van der Waals surface area contributed by atoms with E-state index in [4.69, 9.17) is 16.1 Å². The van der Waals surface area contributed by atoms with Gasteiger partial charge in [0.1, 0.15) is 5.84 Å². The average Bonchev–Trinajstić information content (AvgIpc) is 3.59. The fourth-order valence-corrected chi connectivity index (χ4v) is 7.53. The van der Waals surface area contributed by atoms with Crippen molar-refractivity contribution in [1.29, 1.82) is 10.7 Å². The van der Waals surface area contributed by atoms with Crippen LogP contribution in [0.25, 0.3) is 53.6 Å². The Balaban J connectivity index is 0.000000395. The number of nitrogen functional groups attached to an aromatic ring is 1. The number of nitrogens with two attached hydrogens (primary N) is 1. The minimum Gasteiger partial charge on any atom is -0.384 e. The first-order valence-corrected chi connectivity index (χ1v) is 17.5. The van der Waals surface area contributed by atoms with Gasteiger partial charge in [-0.1, -0.05) is 146 Å². The van der Waals surface area contributed by atoms with E-state index in [0.29, 0.717) is 12.1 Å². The van der Waals surface area contributed by atoms with Crippen molar-refractivity contribution in [2.24, 2.45) is 10.7 Å². The molecule has 5 heteroatoms. The molecule has 1 heterocycles. The molecule has 0 unspecified atom stereocenters. The normalized spacial score (nSPS) is 10.9. The molecular formula is C46H34N4S. The largest absolute Gasteiger partial charge is 0.384 e. The summed E-state index contributed by atoms with van der Waals surface area (Å²) < 4.78 is 2.48. The molecule has 0 atom stereocenters. The molecule has 0 spiro atoms. The number of thiophene rings is 1. The van der Waals surface area contributed by atoms with Gasteiger partial charge in [-0.25, -0.2) is 0 Å². The second kappa shape index (κ2) is 15.3. The maximum Gasteiger partial charge on any atom is 0.122 e. The fraction of sp³-hybridized carbons (Fsp3) is 0.0217. The van der Waals surface area contributed by atoms with Crippen LogP contribution in [0, 0.1) is 16.7 Å². The first-order chi connectivity index (χ1) is 25.1. The Bertz CT molecular complexity index is 2500. The van der Waals surface area contributed by atoms with E-state index >= 15 is 0 Å². The molecule has 0 saturated heterocycles. The van der Waals surface area contributed by atoms with Crippen LogP contribution in [0.2, 0.25) is 0 Å². The zero-order valence-electron chi connectivity index (χ0n) is 27.8. The van der Waals surface area contributed by atoms with Crippen molar-refractivity contribution < 1.29 is 0 Å². The molecular weight excluding hydrogens is 641 g/mol. The van der Waals surface area contributed by atoms with Gasteiger partial charge in [0.15, 0.2) is 0 Å². The summed E-state index contributed by atoms with van der Waals surface area (Å²) in [6.07, 6.45) is 2.03. The van der Waals surface area contributed by atoms with E-state index in [9.17, 15) is 5.26 Å². The van der Waals surface area contributed by atoms with Crippen molar-refractivity contribution >= 4 is 43.6 Å². The van der Waals surface area contributed by atoms with Crippen LogP contribution in [0.1, 0.15) is 22.3 Å². The summed E-state index contributed by atoms with van der Waals surface area (Å²) in [6.45, 7) is 0.631. The number of nitriles is 1. The zero-order chi connectivity index (χ0) is 35.0. The van der Waals surface area contributed by atoms with Gasteiger partial charge in [-0.2, -0.15) is 5.26 Å². The number of hydrogen-bond acceptors (Lipinski definition) is 4. The number of amidine groups is 1. The number of nitrogens with zero attached hydrogens (tertiary/aromatic N) is 2. The summed E-state index contributed by atoms with van der Waals surface area (Å²) >= 11 is 1.84. The molecule has 0 radical (unpaired) electrons. The highest BCUT2D eigenvalue weighted by molar-refractivity contribution is 7.27. The first kappa shape index (κ1) is 32.9. The molecule has 0 aliphatic rings. The summed E-state index contributed by atoms with van der Waals surface area (Å²) in [7, 11) is 0. The minimum absolute atomic E-state index is 0.121. The van der Waals surface area contributed by atoms with Crippen LogP contribution in [0.4, 0.5) is 0 Å². The Hall–Kier alpha value is -6.61. The van der Waals surface area contributed by atoms with E-state index in [1.54, 1.807) is 0 Å². The third-order valence-electron chi connectivity index (χ3n) is 8.70. The lowest BCUT2D eigenvalue weighted by Gasteiger charge is -2.10. The Labute approximate surface area is 301 Å². The third kappa shape index (κ3) is 7.38. The number of nitrogens with one attached hydrogen (secondary N) is 1. The molecule has 244 valence electrons. The fourth-order valence-electron chi connectivity index (χ4n) is 6.15. The molecule has 3 N–H and O–H groups in total. The summed E-state index contributed by atoms with van der Waals surface area (Å²) in [5, 5.41) is 18.8. The monoisotopic (exact) mass is 674 g/mol. The second-order valence-electron chi connectivity index (χ2n) is 12.1. The summed E-state index contributed by atoms with van der Waals surface area (Å²) in [5.74, 6) is 0.121. The number of benzene rings is 7. The number of rotatable bonds is 7. The van der Waals surface area contributed by atoms with Crippen molar-refractivity contribution in [1.82, 2.24) is 0 Å². The van der Waals surface area contributed by atoms with Crippen LogP contribution >= 0.6 is 11.3 Å². The van der Waals surface area contributed by atoms with Gasteiger partial charge in [-0.15, -0.1) is 11.3 Å². The quantitative estimate of drug-likeness (QED) is 0.130. The Kier molecular flexibility index (Phi) is 9.87. The van der Waals surface area contributed by atoms with Gasteiger partial charge in [0.2, 0.25) is 0 Å². The van der Waals surface area contributed by atoms with E-state index in [-0.39, 0.29) is 5.84 Å². The topological polar surface area (TPSA) is 86.0 Å². The maximum atomic E-state index is 9.36. The lowest BCUT2D eigenvalue weighted by atomic mass is 9.93. The van der Waals surface area contributed by atoms with Gasteiger partial charge >= 0.3 is 0 Å². The Morgan fingerprint density at radius 3 is 1.82 bits per heavy atom. The van der Waals surface area contributed by atoms with E-state index in [1.807, 2.05) is 78.2 Å². The van der Waals surface area contributed by atoms with Crippen LogP contribution in [-0.4, -0.2) is 12.1 Å². The van der Waals surface area contributed by atoms with E-state index in [1.165, 1.54) is 48.0 Å². The molecule has 0 amide bonds. The van der Waals surface area contributed by atoms with Crippen molar-refractivity contribution in [3.8, 4) is 39.4 Å². The Morgan fingerprint density at radius 1 is 0.627 bits per heavy atom. The van der Waals surface area contributed by atoms with E-state index in [0.717, 1.165) is 22.3 Å². The van der Waals surface area contributed by atoms with Gasteiger partial charge in [-0.3, -0.25) is 10.4 Å². The number of hydrogen-bond donors (Lipinski definition) is 2. The SMILES string of the molecule is N#Cc1ccc(-c2ccc(C=NCc3ccccc3)c3c2sc2c(-c4ccccc4)cc(-c4ccccc4)cc23)cc1.N=C(N)c1ccccc1. The van der Waals surface area contributed by atoms with Crippen molar-refractivity contribution in [3.63, 3.8) is 0 Å². The zero-order valence-corrected chi connectivity index (χ0v) is 28.6. The van der Waals surface area contributed by atoms with E-state index < -0.39 is 0 Å². The number of aliphatic imine (C=N–C) groups is 1. The molecule has 51 heavy (non-hydrogen) atoms. The first-order valence-electron chi connectivity index (χ1n) is 16.7. The molecule has 0 saturated carbocycles. The van der Waals surface area contributed by atoms with Crippen LogP contribution in [0.15, 0.2) is 175 Å². The highest BCUT2D eigenvalue weighted by Gasteiger charge is 2.18. The van der Waals surface area contributed by atoms with Crippen LogP contribution in [-0.2, 0) is 6.54 Å². The highest BCUT2D eigenvalue weighted by atomic mass is 32.1. The van der Waals surface area contributed by atoms with Crippen LogP contribution in [0.3, 0.4) is 0 Å². The summed E-state index contributed by atoms with van der Waals surface area (Å²) in [5.41, 5.74) is 16.0. The molecule has 4 nitrogen and oxygen atoms in total. The highest BCUT2D eigenvalue weighted by Crippen LogP contribution is 2.46. The van der Waals surface area contributed by atoms with Gasteiger partial charge in [-0.05, 0) is 57.6 Å². The molecule has 0 aliphatic heterocycles. The predicted octanol–water partition coefficient (Wildman–Crippen LogP) is 11.5. The van der Waals surface area contributed by atoms with Crippen molar-refractivity contribution in [2.75, 3.05) is 0 Å². The molecule has 0 fully saturated rings. The summed E-state index contributed by atoms with van der Waals surface area (Å²) in [4.78, 5) is 4.88. The van der Waals surface area contributed by atoms with E-state index in [2.05, 4.69) is 115 Å². The predicted molar refractivity (Wildman–Crippen MR) is 216 cm³/mol. The molecule has 1 aromatic heterocycles.